The standard InChI is InChI=1S/H2O5Si2.H2O/c1-6(2)5-7(3)4;/h1,3H;1H2. The molecule has 6 nitrogen and oxygen atoms in total. The topological polar surface area (TPSA) is 115 Å². The van der Waals surface area contributed by atoms with Crippen LogP contribution in [-0.2, 0) is 13.0 Å². The Labute approximate surface area is 47.5 Å². The summed E-state index contributed by atoms with van der Waals surface area (Å²) in [5.74, 6) is 0. The lowest BCUT2D eigenvalue weighted by Crippen LogP contribution is -2.14. The van der Waals surface area contributed by atoms with Gasteiger partial charge in [0.05, 0.1) is 0 Å². The molecule has 0 radical (unpaired) electrons. The average Bonchev–Trinajstić information content (AvgIpc) is 1.27. The first-order chi connectivity index (χ1) is 3.13. The third-order valence-electron chi connectivity index (χ3n) is 0.175. The Hall–Kier alpha value is -0.606. The molecule has 0 aromatic carbocycles. The van der Waals surface area contributed by atoms with Crippen LogP contribution >= 0.6 is 0 Å². The molecule has 0 atom stereocenters. The summed E-state index contributed by atoms with van der Waals surface area (Å²) in [6.45, 7) is 0. The molecule has 8 heavy (non-hydrogen) atoms. The largest absolute Gasteiger partial charge is 0.759 e. The van der Waals surface area contributed by atoms with E-state index in [0.717, 1.165) is 0 Å². The Bertz CT molecular complexity index is 82.7. The first-order valence-electron chi connectivity index (χ1n) is 1.26. The van der Waals surface area contributed by atoms with Gasteiger partial charge < -0.3 is 19.2 Å². The molecule has 0 saturated carbocycles. The highest BCUT2D eigenvalue weighted by atomic mass is 28.4. The summed E-state index contributed by atoms with van der Waals surface area (Å²) >= 11 is 0. The van der Waals surface area contributed by atoms with E-state index in [4.69, 9.17) is 9.59 Å². The lowest BCUT2D eigenvalue weighted by atomic mass is 15.7. The van der Waals surface area contributed by atoms with Crippen molar-refractivity contribution in [2.45, 2.75) is 0 Å². The minimum absolute atomic E-state index is 0. The van der Waals surface area contributed by atoms with Gasteiger partial charge in [-0.1, -0.05) is 0 Å². The minimum atomic E-state index is -3.20. The second-order valence-electron chi connectivity index (χ2n) is 0.634. The van der Waals surface area contributed by atoms with Crippen LogP contribution < -0.4 is 0 Å². The van der Waals surface area contributed by atoms with Crippen molar-refractivity contribution in [2.24, 2.45) is 0 Å². The minimum Gasteiger partial charge on any atom is -0.512 e. The molecule has 0 amide bonds. The molecule has 4 N–H and O–H groups in total. The van der Waals surface area contributed by atoms with Crippen LogP contribution in [0.5, 0.6) is 0 Å². The summed E-state index contributed by atoms with van der Waals surface area (Å²) in [4.78, 5) is 15.4. The molecule has 0 rings (SSSR count). The molecule has 0 unspecified atom stereocenters. The molecule has 0 bridgehead atoms. The number of hydrogen-bond donors (Lipinski definition) is 2. The van der Waals surface area contributed by atoms with Crippen LogP contribution in [0.15, 0.2) is 0 Å². The van der Waals surface area contributed by atoms with Gasteiger partial charge in [-0.05, 0) is 0 Å². The van der Waals surface area contributed by atoms with Gasteiger partial charge in [-0.25, -0.2) is 0 Å². The quantitative estimate of drug-likeness (QED) is 0.413. The first-order valence-corrected chi connectivity index (χ1v) is 3.79. The van der Waals surface area contributed by atoms with Crippen LogP contribution in [0, 0.1) is 0 Å². The summed E-state index contributed by atoms with van der Waals surface area (Å²) in [6, 6.07) is 0. The summed E-state index contributed by atoms with van der Waals surface area (Å²) in [5.41, 5.74) is 0. The van der Waals surface area contributed by atoms with E-state index >= 15 is 0 Å². The van der Waals surface area contributed by atoms with Gasteiger partial charge in [-0.3, -0.25) is 8.92 Å². The summed E-state index contributed by atoms with van der Waals surface area (Å²) in [7, 11) is -6.40. The fourth-order valence-electron chi connectivity index (χ4n) is 0.0747. The van der Waals surface area contributed by atoms with Gasteiger partial charge in [0.2, 0.25) is 0 Å². The fourth-order valence-corrected chi connectivity index (χ4v) is 0.672. The molecule has 0 aliphatic heterocycles. The molecule has 0 aromatic heterocycles. The van der Waals surface area contributed by atoms with Crippen molar-refractivity contribution in [1.82, 2.24) is 0 Å². The van der Waals surface area contributed by atoms with E-state index in [1.54, 1.807) is 0 Å². The van der Waals surface area contributed by atoms with Gasteiger partial charge >= 0.3 is 18.3 Å². The van der Waals surface area contributed by atoms with Crippen molar-refractivity contribution >= 4 is 18.3 Å². The Balaban J connectivity index is 0. The Kier molecular flexibility index (Phi) is 5.91. The zero-order valence-electron chi connectivity index (χ0n) is 3.62. The molecule has 8 heteroatoms. The predicted octanol–water partition coefficient (Wildman–Crippen LogP) is -3.01. The van der Waals surface area contributed by atoms with E-state index in [1.165, 1.54) is 0 Å². The molecule has 48 valence electrons. The number of hydrogen-bond acceptors (Lipinski definition) is 3. The molecular formula is H4O6Si2. The molecular weight excluding hydrogens is 152 g/mol. The highest BCUT2D eigenvalue weighted by molar-refractivity contribution is 6.40. The van der Waals surface area contributed by atoms with Crippen molar-refractivity contribution in [3.63, 3.8) is 0 Å². The first kappa shape index (κ1) is 10.4. The van der Waals surface area contributed by atoms with E-state index in [-0.39, 0.29) is 5.48 Å². The van der Waals surface area contributed by atoms with Crippen molar-refractivity contribution in [3.05, 3.63) is 0 Å². The van der Waals surface area contributed by atoms with Crippen LogP contribution in [0.25, 0.3) is 0 Å². The Morgan fingerprint density at radius 1 is 1.12 bits per heavy atom. The normalized spacial score (nSPS) is 6.50. The fraction of sp³-hybridized carbons (Fsp3) is 0. The zero-order valence-corrected chi connectivity index (χ0v) is 5.62. The van der Waals surface area contributed by atoms with Gasteiger partial charge in [0.15, 0.2) is 0 Å². The van der Waals surface area contributed by atoms with E-state index < -0.39 is 18.3 Å². The van der Waals surface area contributed by atoms with Crippen LogP contribution in [-0.4, -0.2) is 33.4 Å². The Morgan fingerprint density at radius 2 is 1.38 bits per heavy atom. The highest BCUT2D eigenvalue weighted by Crippen LogP contribution is 1.62. The van der Waals surface area contributed by atoms with Crippen LogP contribution in [0.2, 0.25) is 0 Å². The van der Waals surface area contributed by atoms with Gasteiger partial charge in [-0.15, -0.1) is 0 Å². The average molecular weight is 156 g/mol. The van der Waals surface area contributed by atoms with Crippen LogP contribution in [0.4, 0.5) is 0 Å². The van der Waals surface area contributed by atoms with Crippen molar-refractivity contribution < 1.29 is 28.1 Å². The maximum Gasteiger partial charge on any atom is 0.759 e. The molecule has 0 heterocycles. The zero-order chi connectivity index (χ0) is 5.86. The molecule has 0 fully saturated rings. The third kappa shape index (κ3) is 9.04. The lowest BCUT2D eigenvalue weighted by molar-refractivity contribution is 0.275. The SMILES string of the molecule is O.O=[Si](O)O[Si](=O)O. The van der Waals surface area contributed by atoms with Crippen LogP contribution in [0.3, 0.4) is 0 Å². The Morgan fingerprint density at radius 3 is 1.38 bits per heavy atom. The maximum absolute atomic E-state index is 9.44. The lowest BCUT2D eigenvalue weighted by Gasteiger charge is -1.82. The monoisotopic (exact) mass is 156 g/mol. The van der Waals surface area contributed by atoms with Crippen LogP contribution in [0.1, 0.15) is 0 Å². The second kappa shape index (κ2) is 4.55. The summed E-state index contributed by atoms with van der Waals surface area (Å²) in [6.07, 6.45) is 0. The van der Waals surface area contributed by atoms with Gasteiger partial charge in [0.1, 0.15) is 0 Å². The maximum atomic E-state index is 9.44. The summed E-state index contributed by atoms with van der Waals surface area (Å²) < 4.78 is 22.3. The highest BCUT2D eigenvalue weighted by Gasteiger charge is 2.12. The van der Waals surface area contributed by atoms with E-state index in [9.17, 15) is 8.92 Å². The van der Waals surface area contributed by atoms with E-state index in [0.29, 0.717) is 0 Å². The molecule has 0 aromatic rings. The van der Waals surface area contributed by atoms with Crippen molar-refractivity contribution in [1.29, 1.82) is 0 Å². The molecule has 0 spiro atoms. The smallest absolute Gasteiger partial charge is 0.512 e. The third-order valence-corrected chi connectivity index (χ3v) is 1.57. The number of rotatable bonds is 2. The molecule has 0 aliphatic rings. The van der Waals surface area contributed by atoms with Gasteiger partial charge in [-0.2, -0.15) is 0 Å². The van der Waals surface area contributed by atoms with Crippen molar-refractivity contribution in [3.8, 4) is 0 Å². The molecule has 0 aliphatic carbocycles. The van der Waals surface area contributed by atoms with Gasteiger partial charge in [0, 0.05) is 0 Å². The summed E-state index contributed by atoms with van der Waals surface area (Å²) in [5, 5.41) is 0. The second-order valence-corrected chi connectivity index (χ2v) is 2.51. The predicted molar refractivity (Wildman–Crippen MR) is 22.0 cm³/mol. The van der Waals surface area contributed by atoms with Crippen molar-refractivity contribution in [2.75, 3.05) is 0 Å². The van der Waals surface area contributed by atoms with E-state index in [1.807, 2.05) is 0 Å². The molecule has 0 saturated heterocycles. The van der Waals surface area contributed by atoms with E-state index in [2.05, 4.69) is 4.12 Å². The van der Waals surface area contributed by atoms with Gasteiger partial charge in [0.25, 0.3) is 0 Å².